The van der Waals surface area contributed by atoms with Gasteiger partial charge in [-0.2, -0.15) is 13.2 Å². The number of methoxy groups -OCH3 is 1. The van der Waals surface area contributed by atoms with Crippen molar-refractivity contribution in [3.63, 3.8) is 0 Å². The third-order valence-electron chi connectivity index (χ3n) is 1.87. The third kappa shape index (κ3) is 5.13. The van der Waals surface area contributed by atoms with Gasteiger partial charge in [-0.25, -0.2) is 4.79 Å². The van der Waals surface area contributed by atoms with Crippen molar-refractivity contribution < 1.29 is 27.4 Å². The molecule has 0 N–H and O–H groups in total. The minimum absolute atomic E-state index is 0.0487. The number of aromatic nitrogens is 3. The van der Waals surface area contributed by atoms with Gasteiger partial charge in [-0.1, -0.05) is 5.21 Å². The molecule has 0 aliphatic carbocycles. The summed E-state index contributed by atoms with van der Waals surface area (Å²) in [7, 11) is 1.21. The Hall–Kier alpha value is -1.64. The van der Waals surface area contributed by atoms with Gasteiger partial charge < -0.3 is 9.47 Å². The van der Waals surface area contributed by atoms with Gasteiger partial charge in [0.15, 0.2) is 5.69 Å². The van der Waals surface area contributed by atoms with Gasteiger partial charge in [0.2, 0.25) is 0 Å². The zero-order chi connectivity index (χ0) is 13.6. The highest BCUT2D eigenvalue weighted by Crippen LogP contribution is 2.14. The number of ether oxygens (including phenoxy) is 2. The van der Waals surface area contributed by atoms with Crippen molar-refractivity contribution >= 4 is 5.97 Å². The van der Waals surface area contributed by atoms with Crippen LogP contribution in [0.15, 0.2) is 6.20 Å². The Labute approximate surface area is 101 Å². The first kappa shape index (κ1) is 14.4. The van der Waals surface area contributed by atoms with Gasteiger partial charge in [-0.3, -0.25) is 4.68 Å². The van der Waals surface area contributed by atoms with E-state index in [1.165, 1.54) is 18.0 Å². The second-order valence-corrected chi connectivity index (χ2v) is 3.38. The van der Waals surface area contributed by atoms with E-state index in [1.54, 1.807) is 0 Å². The van der Waals surface area contributed by atoms with Crippen LogP contribution in [0.4, 0.5) is 13.2 Å². The van der Waals surface area contributed by atoms with Gasteiger partial charge in [0.05, 0.1) is 13.3 Å². The molecule has 0 aliphatic rings. The highest BCUT2D eigenvalue weighted by atomic mass is 19.4. The maximum Gasteiger partial charge on any atom is 0.411 e. The first-order chi connectivity index (χ1) is 8.42. The van der Waals surface area contributed by atoms with E-state index in [4.69, 9.17) is 0 Å². The largest absolute Gasteiger partial charge is 0.464 e. The second-order valence-electron chi connectivity index (χ2n) is 3.38. The molecule has 6 nitrogen and oxygen atoms in total. The molecule has 1 aromatic rings. The average Bonchev–Trinajstić information content (AvgIpc) is 2.75. The minimum Gasteiger partial charge on any atom is -0.464 e. The smallest absolute Gasteiger partial charge is 0.411 e. The molecule has 18 heavy (non-hydrogen) atoms. The Morgan fingerprint density at radius 2 is 2.22 bits per heavy atom. The van der Waals surface area contributed by atoms with Crippen LogP contribution in [0.25, 0.3) is 0 Å². The number of hydrogen-bond donors (Lipinski definition) is 0. The van der Waals surface area contributed by atoms with E-state index in [2.05, 4.69) is 19.8 Å². The molecular weight excluding hydrogens is 255 g/mol. The minimum atomic E-state index is -4.31. The topological polar surface area (TPSA) is 66.2 Å². The second kappa shape index (κ2) is 6.34. The summed E-state index contributed by atoms with van der Waals surface area (Å²) in [6.45, 7) is -1.01. The molecule has 0 unspecified atom stereocenters. The van der Waals surface area contributed by atoms with Crippen molar-refractivity contribution in [1.29, 1.82) is 0 Å². The van der Waals surface area contributed by atoms with Crippen molar-refractivity contribution in [2.45, 2.75) is 19.1 Å². The molecule has 9 heteroatoms. The van der Waals surface area contributed by atoms with E-state index in [0.717, 1.165) is 0 Å². The Balaban J connectivity index is 2.24. The molecule has 1 heterocycles. The fraction of sp³-hybridized carbons (Fsp3) is 0.667. The van der Waals surface area contributed by atoms with E-state index in [9.17, 15) is 18.0 Å². The Morgan fingerprint density at radius 1 is 1.50 bits per heavy atom. The predicted molar refractivity (Wildman–Crippen MR) is 52.9 cm³/mol. The lowest BCUT2D eigenvalue weighted by atomic mass is 10.4. The van der Waals surface area contributed by atoms with E-state index in [0.29, 0.717) is 13.0 Å². The number of carbonyl (C=O) groups is 1. The summed E-state index contributed by atoms with van der Waals surface area (Å²) in [5.74, 6) is -0.616. The Morgan fingerprint density at radius 3 is 2.83 bits per heavy atom. The number of rotatable bonds is 6. The summed E-state index contributed by atoms with van der Waals surface area (Å²) in [6, 6.07) is 0. The molecule has 0 atom stereocenters. The standard InChI is InChI=1S/C9H12F3N3O3/c1-17-8(16)7-5-15(14-13-7)3-2-4-18-6-9(10,11)12/h5H,2-4,6H2,1H3. The normalized spacial score (nSPS) is 11.6. The van der Waals surface area contributed by atoms with E-state index in [-0.39, 0.29) is 12.3 Å². The van der Waals surface area contributed by atoms with Crippen LogP contribution in [0.1, 0.15) is 16.9 Å². The summed E-state index contributed by atoms with van der Waals surface area (Å²) < 4.78 is 45.4. The predicted octanol–water partition coefficient (Wildman–Crippen LogP) is 1.03. The molecule has 0 saturated heterocycles. The van der Waals surface area contributed by atoms with Crippen molar-refractivity contribution in [2.75, 3.05) is 20.3 Å². The summed E-state index contributed by atoms with van der Waals surface area (Å²) in [4.78, 5) is 11.0. The lowest BCUT2D eigenvalue weighted by Gasteiger charge is -2.06. The number of esters is 1. The van der Waals surface area contributed by atoms with Crippen LogP contribution in [0.3, 0.4) is 0 Å². The van der Waals surface area contributed by atoms with Crippen molar-refractivity contribution in [2.24, 2.45) is 0 Å². The van der Waals surface area contributed by atoms with Crippen LogP contribution in [-0.2, 0) is 16.0 Å². The third-order valence-corrected chi connectivity index (χ3v) is 1.87. The summed E-state index contributed by atoms with van der Waals surface area (Å²) in [5.41, 5.74) is 0.0497. The number of alkyl halides is 3. The van der Waals surface area contributed by atoms with Crippen LogP contribution in [0.2, 0.25) is 0 Å². The Bertz CT molecular complexity index is 392. The number of carbonyl (C=O) groups excluding carboxylic acids is 1. The number of hydrogen-bond acceptors (Lipinski definition) is 5. The van der Waals surface area contributed by atoms with Crippen LogP contribution in [-0.4, -0.2) is 47.5 Å². The monoisotopic (exact) mass is 267 g/mol. The molecule has 102 valence electrons. The fourth-order valence-electron chi connectivity index (χ4n) is 1.12. The van der Waals surface area contributed by atoms with E-state index in [1.807, 2.05) is 0 Å². The number of aryl methyl sites for hydroxylation is 1. The van der Waals surface area contributed by atoms with Gasteiger partial charge in [0.1, 0.15) is 6.61 Å². The first-order valence-electron chi connectivity index (χ1n) is 5.05. The van der Waals surface area contributed by atoms with Crippen molar-refractivity contribution in [3.05, 3.63) is 11.9 Å². The molecule has 1 rings (SSSR count). The zero-order valence-corrected chi connectivity index (χ0v) is 9.61. The molecule has 0 spiro atoms. The maximum absolute atomic E-state index is 11.7. The fourth-order valence-corrected chi connectivity index (χ4v) is 1.12. The van der Waals surface area contributed by atoms with Gasteiger partial charge in [-0.15, -0.1) is 5.10 Å². The molecule has 0 saturated carbocycles. The number of nitrogens with zero attached hydrogens (tertiary/aromatic N) is 3. The Kier molecular flexibility index (Phi) is 5.08. The highest BCUT2D eigenvalue weighted by molar-refractivity contribution is 5.86. The SMILES string of the molecule is COC(=O)c1cn(CCCOCC(F)(F)F)nn1. The van der Waals surface area contributed by atoms with Crippen LogP contribution in [0, 0.1) is 0 Å². The van der Waals surface area contributed by atoms with Crippen molar-refractivity contribution in [3.8, 4) is 0 Å². The molecular formula is C9H12F3N3O3. The highest BCUT2D eigenvalue weighted by Gasteiger charge is 2.27. The summed E-state index contributed by atoms with van der Waals surface area (Å²) in [6.07, 6.45) is -2.62. The molecule has 0 aliphatic heterocycles. The molecule has 0 radical (unpaired) electrons. The van der Waals surface area contributed by atoms with Gasteiger partial charge >= 0.3 is 12.1 Å². The molecule has 0 aromatic carbocycles. The van der Waals surface area contributed by atoms with E-state index >= 15 is 0 Å². The van der Waals surface area contributed by atoms with Crippen molar-refractivity contribution in [1.82, 2.24) is 15.0 Å². The molecule has 0 bridgehead atoms. The van der Waals surface area contributed by atoms with Gasteiger partial charge in [0, 0.05) is 13.2 Å². The molecule has 0 amide bonds. The first-order valence-corrected chi connectivity index (χ1v) is 5.05. The van der Waals surface area contributed by atoms with Crippen LogP contribution < -0.4 is 0 Å². The van der Waals surface area contributed by atoms with E-state index < -0.39 is 18.8 Å². The maximum atomic E-state index is 11.7. The summed E-state index contributed by atoms with van der Waals surface area (Å²) >= 11 is 0. The van der Waals surface area contributed by atoms with Gasteiger partial charge in [0.25, 0.3) is 0 Å². The average molecular weight is 267 g/mol. The van der Waals surface area contributed by atoms with Crippen LogP contribution in [0.5, 0.6) is 0 Å². The zero-order valence-electron chi connectivity index (χ0n) is 9.61. The van der Waals surface area contributed by atoms with Gasteiger partial charge in [-0.05, 0) is 6.42 Å². The summed E-state index contributed by atoms with van der Waals surface area (Å²) in [5, 5.41) is 7.16. The molecule has 1 aromatic heterocycles. The lowest BCUT2D eigenvalue weighted by molar-refractivity contribution is -0.174. The number of halogens is 3. The van der Waals surface area contributed by atoms with Crippen LogP contribution >= 0.6 is 0 Å². The lowest BCUT2D eigenvalue weighted by Crippen LogP contribution is -2.17. The quantitative estimate of drug-likeness (QED) is 0.569. The molecule has 0 fully saturated rings.